The first-order valence-corrected chi connectivity index (χ1v) is 10.2. The van der Waals surface area contributed by atoms with Gasteiger partial charge in [0.1, 0.15) is 5.75 Å². The second-order valence-corrected chi connectivity index (χ2v) is 7.69. The molecular formula is C22H22BrN3O4. The van der Waals surface area contributed by atoms with Crippen molar-refractivity contribution in [1.29, 1.82) is 0 Å². The van der Waals surface area contributed by atoms with E-state index >= 15 is 0 Å². The van der Waals surface area contributed by atoms with E-state index in [9.17, 15) is 14.4 Å². The van der Waals surface area contributed by atoms with Crippen molar-refractivity contribution in [3.63, 3.8) is 0 Å². The van der Waals surface area contributed by atoms with E-state index in [2.05, 4.69) is 33.1 Å². The Labute approximate surface area is 183 Å². The van der Waals surface area contributed by atoms with Gasteiger partial charge in [0, 0.05) is 35.4 Å². The summed E-state index contributed by atoms with van der Waals surface area (Å²) in [5.74, 6) is -0.393. The molecule has 1 heterocycles. The number of hydrogen-bond donors (Lipinski definition) is 2. The number of halogens is 1. The van der Waals surface area contributed by atoms with Gasteiger partial charge in [-0.1, -0.05) is 22.0 Å². The quantitative estimate of drug-likeness (QED) is 0.578. The Balaban J connectivity index is 1.51. The maximum absolute atomic E-state index is 12.3. The molecule has 0 saturated carbocycles. The molecular weight excluding hydrogens is 450 g/mol. The standard InChI is InChI=1S/C22H22BrN3O4/c1-2-11-24-22(29)15-12-21(28)26(13-15)18-7-9-19(10-8-18)30-14-20(27)25-17-5-3-16(23)4-6-17/h2-10,15H,1,11-14H2,(H,24,29)(H,25,27)/t15-/m0/s1. The van der Waals surface area contributed by atoms with Crippen molar-refractivity contribution >= 4 is 45.0 Å². The summed E-state index contributed by atoms with van der Waals surface area (Å²) in [5, 5.41) is 5.48. The largest absolute Gasteiger partial charge is 0.484 e. The Hall–Kier alpha value is -3.13. The molecule has 30 heavy (non-hydrogen) atoms. The van der Waals surface area contributed by atoms with Gasteiger partial charge >= 0.3 is 0 Å². The van der Waals surface area contributed by atoms with Gasteiger partial charge < -0.3 is 20.3 Å². The molecule has 1 aliphatic rings. The summed E-state index contributed by atoms with van der Waals surface area (Å²) >= 11 is 3.34. The lowest BCUT2D eigenvalue weighted by molar-refractivity contribution is -0.126. The second-order valence-electron chi connectivity index (χ2n) is 6.78. The topological polar surface area (TPSA) is 87.7 Å². The molecule has 156 valence electrons. The Kier molecular flexibility index (Phi) is 7.24. The van der Waals surface area contributed by atoms with Crippen molar-refractivity contribution < 1.29 is 19.1 Å². The third-order valence-corrected chi connectivity index (χ3v) is 5.09. The lowest BCUT2D eigenvalue weighted by Crippen LogP contribution is -2.32. The zero-order valence-corrected chi connectivity index (χ0v) is 17.9. The van der Waals surface area contributed by atoms with Crippen LogP contribution in [0.15, 0.2) is 65.7 Å². The number of nitrogens with zero attached hydrogens (tertiary/aromatic N) is 1. The lowest BCUT2D eigenvalue weighted by atomic mass is 10.1. The number of nitrogens with one attached hydrogen (secondary N) is 2. The highest BCUT2D eigenvalue weighted by atomic mass is 79.9. The Bertz CT molecular complexity index is 928. The number of hydrogen-bond acceptors (Lipinski definition) is 4. The first kappa shape index (κ1) is 21.6. The van der Waals surface area contributed by atoms with Gasteiger partial charge in [0.15, 0.2) is 6.61 Å². The van der Waals surface area contributed by atoms with Gasteiger partial charge in [0.05, 0.1) is 5.92 Å². The number of benzene rings is 2. The minimum Gasteiger partial charge on any atom is -0.484 e. The van der Waals surface area contributed by atoms with Crippen LogP contribution in [-0.2, 0) is 14.4 Å². The van der Waals surface area contributed by atoms with Crippen molar-refractivity contribution in [2.75, 3.05) is 29.9 Å². The molecule has 1 saturated heterocycles. The van der Waals surface area contributed by atoms with Crippen molar-refractivity contribution in [2.45, 2.75) is 6.42 Å². The molecule has 0 radical (unpaired) electrons. The molecule has 1 fully saturated rings. The fourth-order valence-corrected chi connectivity index (χ4v) is 3.32. The summed E-state index contributed by atoms with van der Waals surface area (Å²) in [6, 6.07) is 14.1. The predicted octanol–water partition coefficient (Wildman–Crippen LogP) is 3.12. The fourth-order valence-electron chi connectivity index (χ4n) is 3.05. The highest BCUT2D eigenvalue weighted by Crippen LogP contribution is 2.27. The number of amides is 3. The molecule has 3 amide bonds. The van der Waals surface area contributed by atoms with E-state index in [4.69, 9.17) is 4.74 Å². The summed E-state index contributed by atoms with van der Waals surface area (Å²) in [7, 11) is 0. The monoisotopic (exact) mass is 471 g/mol. The molecule has 0 bridgehead atoms. The van der Waals surface area contributed by atoms with Crippen LogP contribution in [-0.4, -0.2) is 37.4 Å². The van der Waals surface area contributed by atoms with Crippen LogP contribution in [0.25, 0.3) is 0 Å². The van der Waals surface area contributed by atoms with E-state index in [0.29, 0.717) is 30.2 Å². The maximum atomic E-state index is 12.3. The van der Waals surface area contributed by atoms with Crippen LogP contribution in [0.2, 0.25) is 0 Å². The molecule has 0 aliphatic carbocycles. The molecule has 7 nitrogen and oxygen atoms in total. The minimum absolute atomic E-state index is 0.101. The van der Waals surface area contributed by atoms with Crippen LogP contribution in [0.1, 0.15) is 6.42 Å². The van der Waals surface area contributed by atoms with Crippen molar-refractivity contribution in [1.82, 2.24) is 5.32 Å². The second kappa shape index (κ2) is 10.1. The SMILES string of the molecule is C=CCNC(=O)[C@H]1CC(=O)N(c2ccc(OCC(=O)Nc3ccc(Br)cc3)cc2)C1. The summed E-state index contributed by atoms with van der Waals surface area (Å²) in [4.78, 5) is 38.0. The van der Waals surface area contributed by atoms with Gasteiger partial charge in [-0.3, -0.25) is 14.4 Å². The molecule has 2 aromatic rings. The van der Waals surface area contributed by atoms with Gasteiger partial charge in [-0.2, -0.15) is 0 Å². The molecule has 3 rings (SSSR count). The summed E-state index contributed by atoms with van der Waals surface area (Å²) < 4.78 is 6.44. The number of carbonyl (C=O) groups excluding carboxylic acids is 3. The Morgan fingerprint density at radius 2 is 1.87 bits per heavy atom. The highest BCUT2D eigenvalue weighted by Gasteiger charge is 2.34. The van der Waals surface area contributed by atoms with Crippen LogP contribution in [0.4, 0.5) is 11.4 Å². The van der Waals surface area contributed by atoms with E-state index < -0.39 is 0 Å². The van der Waals surface area contributed by atoms with Crippen molar-refractivity contribution in [2.24, 2.45) is 5.92 Å². The summed E-state index contributed by atoms with van der Waals surface area (Å²) in [5.41, 5.74) is 1.37. The smallest absolute Gasteiger partial charge is 0.262 e. The van der Waals surface area contributed by atoms with Crippen LogP contribution >= 0.6 is 15.9 Å². The lowest BCUT2D eigenvalue weighted by Gasteiger charge is -2.17. The normalized spacial score (nSPS) is 15.6. The molecule has 8 heteroatoms. The first-order valence-electron chi connectivity index (χ1n) is 9.43. The van der Waals surface area contributed by atoms with Crippen LogP contribution in [0.3, 0.4) is 0 Å². The molecule has 0 spiro atoms. The minimum atomic E-state index is -0.379. The van der Waals surface area contributed by atoms with Gasteiger partial charge in [0.25, 0.3) is 5.91 Å². The fraction of sp³-hybridized carbons (Fsp3) is 0.227. The van der Waals surface area contributed by atoms with E-state index in [-0.39, 0.29) is 36.7 Å². The zero-order valence-electron chi connectivity index (χ0n) is 16.3. The highest BCUT2D eigenvalue weighted by molar-refractivity contribution is 9.10. The molecule has 1 aliphatic heterocycles. The number of rotatable bonds is 8. The first-order chi connectivity index (χ1) is 14.5. The average molecular weight is 472 g/mol. The zero-order chi connectivity index (χ0) is 21.5. The third kappa shape index (κ3) is 5.70. The van der Waals surface area contributed by atoms with Gasteiger partial charge in [-0.15, -0.1) is 6.58 Å². The number of carbonyl (C=O) groups is 3. The van der Waals surface area contributed by atoms with Gasteiger partial charge in [-0.25, -0.2) is 0 Å². The maximum Gasteiger partial charge on any atom is 0.262 e. The van der Waals surface area contributed by atoms with Crippen molar-refractivity contribution in [3.8, 4) is 5.75 Å². The van der Waals surface area contributed by atoms with Crippen LogP contribution in [0, 0.1) is 5.92 Å². The number of ether oxygens (including phenoxy) is 1. The van der Waals surface area contributed by atoms with Crippen LogP contribution in [0.5, 0.6) is 5.75 Å². The van der Waals surface area contributed by atoms with Gasteiger partial charge in [-0.05, 0) is 48.5 Å². The van der Waals surface area contributed by atoms with E-state index in [0.717, 1.165) is 4.47 Å². The van der Waals surface area contributed by atoms with E-state index in [1.54, 1.807) is 47.4 Å². The van der Waals surface area contributed by atoms with E-state index in [1.807, 2.05) is 12.1 Å². The molecule has 2 N–H and O–H groups in total. The van der Waals surface area contributed by atoms with Crippen LogP contribution < -0.4 is 20.3 Å². The van der Waals surface area contributed by atoms with E-state index in [1.165, 1.54) is 0 Å². The molecule has 2 aromatic carbocycles. The van der Waals surface area contributed by atoms with Crippen molar-refractivity contribution in [3.05, 3.63) is 65.7 Å². The summed E-state index contributed by atoms with van der Waals surface area (Å²) in [6.45, 7) is 4.14. The molecule has 0 unspecified atom stereocenters. The third-order valence-electron chi connectivity index (χ3n) is 4.56. The Morgan fingerprint density at radius 1 is 1.17 bits per heavy atom. The average Bonchev–Trinajstić information content (AvgIpc) is 3.14. The predicted molar refractivity (Wildman–Crippen MR) is 118 cm³/mol. The summed E-state index contributed by atoms with van der Waals surface area (Å²) in [6.07, 6.45) is 1.78. The van der Waals surface area contributed by atoms with Gasteiger partial charge in [0.2, 0.25) is 11.8 Å². The number of anilines is 2. The Morgan fingerprint density at radius 3 is 2.53 bits per heavy atom. The molecule has 0 aromatic heterocycles. The molecule has 1 atom stereocenters.